The molecule has 0 saturated heterocycles. The van der Waals surface area contributed by atoms with Gasteiger partial charge in [0.25, 0.3) is 0 Å². The van der Waals surface area contributed by atoms with Gasteiger partial charge in [0, 0.05) is 28.3 Å². The van der Waals surface area contributed by atoms with E-state index in [4.69, 9.17) is 41.0 Å². The Morgan fingerprint density at radius 3 is 2.47 bits per heavy atom. The van der Waals surface area contributed by atoms with Gasteiger partial charge in [-0.25, -0.2) is 4.79 Å². The zero-order valence-electron chi connectivity index (χ0n) is 23.4. The first-order valence-corrected chi connectivity index (χ1v) is 13.6. The molecule has 0 amide bonds. The molecule has 1 aliphatic heterocycles. The van der Waals surface area contributed by atoms with Gasteiger partial charge in [0.2, 0.25) is 5.88 Å². The minimum atomic E-state index is -0.568. The monoisotopic (exact) mass is 594 g/mol. The Morgan fingerprint density at radius 1 is 0.977 bits per heavy atom. The topological polar surface area (TPSA) is 113 Å². The van der Waals surface area contributed by atoms with Crippen LogP contribution in [0.15, 0.2) is 102 Å². The van der Waals surface area contributed by atoms with Gasteiger partial charge in [-0.3, -0.25) is 0 Å². The summed E-state index contributed by atoms with van der Waals surface area (Å²) in [4.78, 5) is 12.5. The maximum Gasteiger partial charge on any atom is 0.336 e. The third-order valence-electron chi connectivity index (χ3n) is 6.80. The van der Waals surface area contributed by atoms with E-state index in [1.807, 2.05) is 36.4 Å². The third kappa shape index (κ3) is 6.58. The van der Waals surface area contributed by atoms with E-state index in [-0.39, 0.29) is 23.8 Å². The summed E-state index contributed by atoms with van der Waals surface area (Å²) in [6, 6.07) is 27.2. The molecule has 216 valence electrons. The maximum atomic E-state index is 12.5. The molecule has 2 N–H and O–H groups in total. The Labute approximate surface area is 254 Å². The summed E-state index contributed by atoms with van der Waals surface area (Å²) in [6.07, 6.45) is 2.97. The summed E-state index contributed by atoms with van der Waals surface area (Å²) >= 11 is 6.27. The summed E-state index contributed by atoms with van der Waals surface area (Å²) in [6.45, 7) is 0.253. The Morgan fingerprint density at radius 2 is 1.74 bits per heavy atom. The quantitative estimate of drug-likeness (QED) is 0.128. The molecular weight excluding hydrogens is 568 g/mol. The SMILES string of the molecule is COc1ccc(/C=C/C(=O)Oc2ccc3c(c2)OC(N)=C(C#N)C3c2ccc(OCc3ccccc3Cl)c(OC)c2)cc1. The van der Waals surface area contributed by atoms with Gasteiger partial charge in [0.05, 0.1) is 20.1 Å². The van der Waals surface area contributed by atoms with Crippen LogP contribution in [0.1, 0.15) is 28.2 Å². The number of nitrogens with zero attached hydrogens (tertiary/aromatic N) is 1. The Balaban J connectivity index is 1.37. The van der Waals surface area contributed by atoms with Gasteiger partial charge < -0.3 is 29.4 Å². The smallest absolute Gasteiger partial charge is 0.336 e. The Bertz CT molecular complexity index is 1760. The molecule has 0 aromatic heterocycles. The fraction of sp³-hybridized carbons (Fsp3) is 0.118. The van der Waals surface area contributed by atoms with Crippen molar-refractivity contribution in [2.75, 3.05) is 14.2 Å². The molecule has 4 aromatic rings. The lowest BCUT2D eigenvalue weighted by atomic mass is 9.83. The van der Waals surface area contributed by atoms with Gasteiger partial charge in [0.15, 0.2) is 11.5 Å². The van der Waals surface area contributed by atoms with Crippen LogP contribution in [0.4, 0.5) is 0 Å². The summed E-state index contributed by atoms with van der Waals surface area (Å²) < 4.78 is 28.1. The van der Waals surface area contributed by atoms with Crippen molar-refractivity contribution in [1.82, 2.24) is 0 Å². The molecule has 4 aromatic carbocycles. The molecule has 0 spiro atoms. The molecule has 0 fully saturated rings. The number of ether oxygens (including phenoxy) is 5. The summed E-state index contributed by atoms with van der Waals surface area (Å²) in [7, 11) is 3.13. The van der Waals surface area contributed by atoms with E-state index in [2.05, 4.69) is 6.07 Å². The number of carbonyl (C=O) groups is 1. The van der Waals surface area contributed by atoms with Crippen LogP contribution in [0.2, 0.25) is 5.02 Å². The molecule has 1 atom stereocenters. The van der Waals surface area contributed by atoms with Crippen LogP contribution < -0.4 is 29.4 Å². The van der Waals surface area contributed by atoms with E-state index < -0.39 is 11.9 Å². The minimum absolute atomic E-state index is 0.0408. The molecule has 0 aliphatic carbocycles. The molecule has 9 heteroatoms. The maximum absolute atomic E-state index is 12.5. The first kappa shape index (κ1) is 29.1. The zero-order chi connectivity index (χ0) is 30.3. The Kier molecular flexibility index (Phi) is 8.85. The van der Waals surface area contributed by atoms with Crippen molar-refractivity contribution in [2.45, 2.75) is 12.5 Å². The predicted molar refractivity (Wildman–Crippen MR) is 162 cm³/mol. The second-order valence-corrected chi connectivity index (χ2v) is 9.85. The van der Waals surface area contributed by atoms with Crippen molar-refractivity contribution in [3.63, 3.8) is 0 Å². The van der Waals surface area contributed by atoms with Gasteiger partial charge in [-0.1, -0.05) is 54.1 Å². The fourth-order valence-corrected chi connectivity index (χ4v) is 4.82. The van der Waals surface area contributed by atoms with Crippen LogP contribution in [-0.4, -0.2) is 20.2 Å². The first-order valence-electron chi connectivity index (χ1n) is 13.2. The van der Waals surface area contributed by atoms with Crippen LogP contribution in [-0.2, 0) is 11.4 Å². The molecule has 0 bridgehead atoms. The molecule has 43 heavy (non-hydrogen) atoms. The van der Waals surface area contributed by atoms with Crippen molar-refractivity contribution in [3.8, 4) is 34.8 Å². The van der Waals surface area contributed by atoms with Gasteiger partial charge >= 0.3 is 5.97 Å². The van der Waals surface area contributed by atoms with Gasteiger partial charge in [-0.2, -0.15) is 5.26 Å². The average Bonchev–Trinajstić information content (AvgIpc) is 3.03. The lowest BCUT2D eigenvalue weighted by Gasteiger charge is -2.27. The number of esters is 1. The average molecular weight is 595 g/mol. The molecule has 5 rings (SSSR count). The molecule has 1 unspecified atom stereocenters. The van der Waals surface area contributed by atoms with Gasteiger partial charge in [0.1, 0.15) is 35.5 Å². The first-order chi connectivity index (χ1) is 20.9. The number of benzene rings is 4. The largest absolute Gasteiger partial charge is 0.497 e. The normalized spacial score (nSPS) is 14.0. The van der Waals surface area contributed by atoms with Crippen LogP contribution in [0, 0.1) is 11.3 Å². The van der Waals surface area contributed by atoms with E-state index in [1.54, 1.807) is 68.8 Å². The highest BCUT2D eigenvalue weighted by atomic mass is 35.5. The number of nitriles is 1. The number of fused-ring (bicyclic) bond motifs is 1. The highest BCUT2D eigenvalue weighted by Crippen LogP contribution is 2.45. The number of rotatable bonds is 9. The zero-order valence-corrected chi connectivity index (χ0v) is 24.1. The molecule has 0 saturated carbocycles. The number of halogens is 1. The van der Waals surface area contributed by atoms with E-state index >= 15 is 0 Å². The number of nitrogens with two attached hydrogens (primary N) is 1. The van der Waals surface area contributed by atoms with Crippen molar-refractivity contribution in [1.29, 1.82) is 5.26 Å². The van der Waals surface area contributed by atoms with E-state index in [1.165, 1.54) is 6.08 Å². The van der Waals surface area contributed by atoms with Gasteiger partial charge in [-0.15, -0.1) is 0 Å². The predicted octanol–water partition coefficient (Wildman–Crippen LogP) is 6.77. The van der Waals surface area contributed by atoms with Crippen LogP contribution >= 0.6 is 11.6 Å². The molecule has 8 nitrogen and oxygen atoms in total. The van der Waals surface area contributed by atoms with E-state index in [0.29, 0.717) is 27.8 Å². The van der Waals surface area contributed by atoms with Crippen LogP contribution in [0.25, 0.3) is 6.08 Å². The summed E-state index contributed by atoms with van der Waals surface area (Å²) in [5.74, 6) is 1.17. The standard InChI is InChI=1S/C34H27ClN2O6/c1-39-24-11-7-21(8-12-24)9-16-32(38)42-25-13-14-26-30(18-25)43-34(37)27(19-36)33(26)22-10-15-29(31(17-22)40-2)41-20-23-5-3-4-6-28(23)35/h3-18,33H,20,37H2,1-2H3/b16-9+. The molecular formula is C34H27ClN2O6. The molecule has 1 aliphatic rings. The summed E-state index contributed by atoms with van der Waals surface area (Å²) in [5.41, 5.74) is 9.48. The number of methoxy groups -OCH3 is 2. The second-order valence-electron chi connectivity index (χ2n) is 9.44. The molecule has 1 heterocycles. The highest BCUT2D eigenvalue weighted by Gasteiger charge is 2.31. The van der Waals surface area contributed by atoms with Crippen molar-refractivity contribution in [2.24, 2.45) is 5.73 Å². The van der Waals surface area contributed by atoms with Crippen molar-refractivity contribution < 1.29 is 28.5 Å². The Hall–Kier alpha value is -5.39. The third-order valence-corrected chi connectivity index (χ3v) is 7.17. The van der Waals surface area contributed by atoms with Crippen LogP contribution in [0.5, 0.6) is 28.7 Å². The highest BCUT2D eigenvalue weighted by molar-refractivity contribution is 6.31. The van der Waals surface area contributed by atoms with Crippen LogP contribution in [0.3, 0.4) is 0 Å². The van der Waals surface area contributed by atoms with Crippen molar-refractivity contribution in [3.05, 3.63) is 130 Å². The lowest BCUT2D eigenvalue weighted by Crippen LogP contribution is -2.21. The summed E-state index contributed by atoms with van der Waals surface area (Å²) in [5, 5.41) is 10.6. The van der Waals surface area contributed by atoms with Crippen molar-refractivity contribution >= 4 is 23.6 Å². The van der Waals surface area contributed by atoms with E-state index in [9.17, 15) is 10.1 Å². The fourth-order valence-electron chi connectivity index (χ4n) is 4.63. The number of allylic oxidation sites excluding steroid dienone is 1. The lowest BCUT2D eigenvalue weighted by molar-refractivity contribution is -0.128. The van der Waals surface area contributed by atoms with E-state index in [0.717, 1.165) is 22.4 Å². The number of carbonyl (C=O) groups excluding carboxylic acids is 1. The minimum Gasteiger partial charge on any atom is -0.497 e. The number of hydrogen-bond acceptors (Lipinski definition) is 8. The molecule has 0 radical (unpaired) electrons. The second kappa shape index (κ2) is 13.1. The van der Waals surface area contributed by atoms with Gasteiger partial charge in [-0.05, 0) is 53.6 Å². The number of hydrogen-bond donors (Lipinski definition) is 1.